The Morgan fingerprint density at radius 2 is 1.74 bits per heavy atom. The summed E-state index contributed by atoms with van der Waals surface area (Å²) in [6.07, 6.45) is 0. The van der Waals surface area contributed by atoms with Gasteiger partial charge in [0.25, 0.3) is 5.91 Å². The summed E-state index contributed by atoms with van der Waals surface area (Å²) in [7, 11) is 1.28. The third-order valence-corrected chi connectivity index (χ3v) is 4.06. The molecule has 0 spiro atoms. The lowest BCUT2D eigenvalue weighted by Gasteiger charge is -2.17. The maximum atomic E-state index is 12.4. The predicted octanol–water partition coefficient (Wildman–Crippen LogP) is 2.30. The van der Waals surface area contributed by atoms with E-state index in [1.54, 1.807) is 42.5 Å². The molecule has 2 aromatic rings. The minimum Gasteiger partial charge on any atom is -0.482 e. The van der Waals surface area contributed by atoms with Crippen molar-refractivity contribution < 1.29 is 23.9 Å². The highest BCUT2D eigenvalue weighted by Gasteiger charge is 2.31. The summed E-state index contributed by atoms with van der Waals surface area (Å²) in [5, 5.41) is 2.72. The first kappa shape index (κ1) is 18.2. The standard InChI is InChI=1S/C20H18N2O5/c1-13-16-5-3-4-6-17(16)20(25)22(13)11-18(23)21-14-7-9-15(10-8-14)27-12-19(24)26-2/h3-10H,1,11-12H2,2H3,(H,21,23). The molecule has 1 N–H and O–H groups in total. The number of hydrogen-bond donors (Lipinski definition) is 1. The first-order valence-electron chi connectivity index (χ1n) is 8.19. The molecule has 2 amide bonds. The Kier molecular flexibility index (Phi) is 5.21. The van der Waals surface area contributed by atoms with Crippen LogP contribution in [0.15, 0.2) is 55.1 Å². The number of methoxy groups -OCH3 is 1. The molecule has 27 heavy (non-hydrogen) atoms. The Morgan fingerprint density at radius 3 is 2.37 bits per heavy atom. The fourth-order valence-electron chi connectivity index (χ4n) is 2.68. The van der Waals surface area contributed by atoms with Crippen molar-refractivity contribution in [3.05, 3.63) is 66.2 Å². The number of anilines is 1. The zero-order valence-corrected chi connectivity index (χ0v) is 14.7. The number of amides is 2. The fourth-order valence-corrected chi connectivity index (χ4v) is 2.68. The Balaban J connectivity index is 1.58. The number of nitrogens with zero attached hydrogens (tertiary/aromatic N) is 1. The number of hydrogen-bond acceptors (Lipinski definition) is 5. The topological polar surface area (TPSA) is 84.9 Å². The van der Waals surface area contributed by atoms with E-state index in [2.05, 4.69) is 16.6 Å². The van der Waals surface area contributed by atoms with Crippen LogP contribution in [0.25, 0.3) is 5.70 Å². The highest BCUT2D eigenvalue weighted by atomic mass is 16.6. The van der Waals surface area contributed by atoms with Gasteiger partial charge in [0.2, 0.25) is 5.91 Å². The van der Waals surface area contributed by atoms with Gasteiger partial charge in [0.05, 0.1) is 7.11 Å². The van der Waals surface area contributed by atoms with Crippen LogP contribution >= 0.6 is 0 Å². The molecule has 1 aliphatic rings. The molecule has 0 saturated carbocycles. The largest absolute Gasteiger partial charge is 0.482 e. The van der Waals surface area contributed by atoms with Gasteiger partial charge in [-0.15, -0.1) is 0 Å². The van der Waals surface area contributed by atoms with Crippen molar-refractivity contribution in [2.45, 2.75) is 0 Å². The van der Waals surface area contributed by atoms with Crippen LogP contribution in [0.4, 0.5) is 5.69 Å². The normalized spacial score (nSPS) is 12.6. The van der Waals surface area contributed by atoms with Gasteiger partial charge in [-0.25, -0.2) is 4.79 Å². The Morgan fingerprint density at radius 1 is 1.07 bits per heavy atom. The van der Waals surface area contributed by atoms with Crippen molar-refractivity contribution in [3.8, 4) is 5.75 Å². The van der Waals surface area contributed by atoms with E-state index in [4.69, 9.17) is 4.74 Å². The molecule has 0 aliphatic carbocycles. The van der Waals surface area contributed by atoms with Crippen LogP contribution in [0.3, 0.4) is 0 Å². The molecule has 138 valence electrons. The van der Waals surface area contributed by atoms with Crippen LogP contribution in [0.1, 0.15) is 15.9 Å². The van der Waals surface area contributed by atoms with Gasteiger partial charge >= 0.3 is 5.97 Å². The Bertz CT molecular complexity index is 870. The maximum absolute atomic E-state index is 12.4. The van der Waals surface area contributed by atoms with Crippen LogP contribution < -0.4 is 10.1 Å². The van der Waals surface area contributed by atoms with Gasteiger partial charge in [0.1, 0.15) is 12.3 Å². The third-order valence-electron chi connectivity index (χ3n) is 4.06. The van der Waals surface area contributed by atoms with Crippen LogP contribution in [0, 0.1) is 0 Å². The number of nitrogens with one attached hydrogen (secondary N) is 1. The van der Waals surface area contributed by atoms with Gasteiger partial charge < -0.3 is 14.8 Å². The van der Waals surface area contributed by atoms with Crippen molar-refractivity contribution in [2.24, 2.45) is 0 Å². The second-order valence-corrected chi connectivity index (χ2v) is 5.82. The number of rotatable bonds is 6. The first-order valence-corrected chi connectivity index (χ1v) is 8.19. The molecule has 0 aromatic heterocycles. The van der Waals surface area contributed by atoms with Crippen molar-refractivity contribution in [2.75, 3.05) is 25.6 Å². The van der Waals surface area contributed by atoms with E-state index < -0.39 is 5.97 Å². The first-order chi connectivity index (χ1) is 13.0. The number of carbonyl (C=O) groups is 3. The minimum absolute atomic E-state index is 0.132. The van der Waals surface area contributed by atoms with Gasteiger partial charge in [-0.1, -0.05) is 24.8 Å². The number of esters is 1. The van der Waals surface area contributed by atoms with Gasteiger partial charge in [-0.2, -0.15) is 0 Å². The minimum atomic E-state index is -0.483. The molecule has 0 unspecified atom stereocenters. The second kappa shape index (κ2) is 7.74. The van der Waals surface area contributed by atoms with E-state index >= 15 is 0 Å². The van der Waals surface area contributed by atoms with E-state index in [9.17, 15) is 14.4 Å². The summed E-state index contributed by atoms with van der Waals surface area (Å²) in [4.78, 5) is 37.1. The van der Waals surface area contributed by atoms with E-state index in [1.807, 2.05) is 6.07 Å². The van der Waals surface area contributed by atoms with Gasteiger partial charge in [0, 0.05) is 22.5 Å². The molecular weight excluding hydrogens is 348 g/mol. The average molecular weight is 366 g/mol. The molecule has 0 saturated heterocycles. The monoisotopic (exact) mass is 366 g/mol. The summed E-state index contributed by atoms with van der Waals surface area (Å²) in [6.45, 7) is 3.59. The second-order valence-electron chi connectivity index (χ2n) is 5.82. The van der Waals surface area contributed by atoms with Gasteiger partial charge in [0.15, 0.2) is 6.61 Å². The van der Waals surface area contributed by atoms with Crippen LogP contribution in [0.5, 0.6) is 5.75 Å². The van der Waals surface area contributed by atoms with Crippen LogP contribution in [-0.2, 0) is 14.3 Å². The van der Waals surface area contributed by atoms with E-state index in [0.717, 1.165) is 5.56 Å². The van der Waals surface area contributed by atoms with Crippen molar-refractivity contribution in [1.82, 2.24) is 4.90 Å². The lowest BCUT2D eigenvalue weighted by atomic mass is 10.1. The molecule has 0 atom stereocenters. The molecule has 0 radical (unpaired) electrons. The lowest BCUT2D eigenvalue weighted by Crippen LogP contribution is -2.32. The molecule has 3 rings (SSSR count). The summed E-state index contributed by atoms with van der Waals surface area (Å²) in [5.41, 5.74) is 2.34. The van der Waals surface area contributed by atoms with E-state index in [-0.39, 0.29) is 25.0 Å². The Hall–Kier alpha value is -3.61. The molecule has 7 heteroatoms. The SMILES string of the molecule is C=C1c2ccccc2C(=O)N1CC(=O)Nc1ccc(OCC(=O)OC)cc1. The number of benzene rings is 2. The summed E-state index contributed by atoms with van der Waals surface area (Å²) >= 11 is 0. The zero-order valence-electron chi connectivity index (χ0n) is 14.7. The molecular formula is C20H18N2O5. The molecule has 1 heterocycles. The molecule has 0 fully saturated rings. The van der Waals surface area contributed by atoms with Crippen molar-refractivity contribution in [3.63, 3.8) is 0 Å². The highest BCUT2D eigenvalue weighted by Crippen LogP contribution is 2.30. The van der Waals surface area contributed by atoms with Crippen LogP contribution in [-0.4, -0.2) is 42.9 Å². The molecule has 2 aromatic carbocycles. The average Bonchev–Trinajstić information content (AvgIpc) is 2.92. The van der Waals surface area contributed by atoms with Gasteiger partial charge in [-0.05, 0) is 30.3 Å². The zero-order chi connectivity index (χ0) is 19.4. The summed E-state index contributed by atoms with van der Waals surface area (Å²) < 4.78 is 9.73. The quantitative estimate of drug-likeness (QED) is 0.793. The van der Waals surface area contributed by atoms with Gasteiger partial charge in [-0.3, -0.25) is 14.5 Å². The maximum Gasteiger partial charge on any atom is 0.343 e. The van der Waals surface area contributed by atoms with Crippen molar-refractivity contribution >= 4 is 29.2 Å². The van der Waals surface area contributed by atoms with Crippen LogP contribution in [0.2, 0.25) is 0 Å². The number of ether oxygens (including phenoxy) is 2. The number of fused-ring (bicyclic) bond motifs is 1. The van der Waals surface area contributed by atoms with Crippen molar-refractivity contribution in [1.29, 1.82) is 0 Å². The number of carbonyl (C=O) groups excluding carboxylic acids is 3. The highest BCUT2D eigenvalue weighted by molar-refractivity contribution is 6.11. The lowest BCUT2D eigenvalue weighted by molar-refractivity contribution is -0.142. The molecule has 7 nitrogen and oxygen atoms in total. The molecule has 1 aliphatic heterocycles. The summed E-state index contributed by atoms with van der Waals surface area (Å²) in [6, 6.07) is 13.6. The predicted molar refractivity (Wildman–Crippen MR) is 99.1 cm³/mol. The molecule has 0 bridgehead atoms. The fraction of sp³-hybridized carbons (Fsp3) is 0.150. The smallest absolute Gasteiger partial charge is 0.343 e. The van der Waals surface area contributed by atoms with E-state index in [0.29, 0.717) is 22.7 Å². The van der Waals surface area contributed by atoms with E-state index in [1.165, 1.54) is 12.0 Å². The Labute approximate surface area is 156 Å². The summed E-state index contributed by atoms with van der Waals surface area (Å²) in [5.74, 6) is -0.598. The third kappa shape index (κ3) is 3.98.